The van der Waals surface area contributed by atoms with Gasteiger partial charge in [-0.25, -0.2) is 4.98 Å². The molecule has 0 aliphatic rings. The van der Waals surface area contributed by atoms with Crippen LogP contribution in [0.2, 0.25) is 0 Å². The van der Waals surface area contributed by atoms with Crippen LogP contribution < -0.4 is 15.8 Å². The lowest BCUT2D eigenvalue weighted by Gasteiger charge is -2.09. The van der Waals surface area contributed by atoms with Crippen molar-refractivity contribution in [2.45, 2.75) is 6.92 Å². The first-order chi connectivity index (χ1) is 9.11. The lowest BCUT2D eigenvalue weighted by molar-refractivity contribution is 0.102. The number of pyridine rings is 1. The number of amides is 1. The van der Waals surface area contributed by atoms with Gasteiger partial charge in [0.15, 0.2) is 0 Å². The van der Waals surface area contributed by atoms with Gasteiger partial charge in [-0.1, -0.05) is 6.07 Å². The Morgan fingerprint density at radius 3 is 2.79 bits per heavy atom. The monoisotopic (exact) mass is 257 g/mol. The zero-order valence-corrected chi connectivity index (χ0v) is 10.8. The van der Waals surface area contributed by atoms with Crippen LogP contribution in [0.15, 0.2) is 36.5 Å². The number of anilines is 2. The number of nitrogens with one attached hydrogen (secondary N) is 1. The third-order valence-corrected chi connectivity index (χ3v) is 2.73. The van der Waals surface area contributed by atoms with Gasteiger partial charge in [0, 0.05) is 11.8 Å². The Bertz CT molecular complexity index is 611. The molecule has 1 amide bonds. The molecule has 1 aromatic carbocycles. The van der Waals surface area contributed by atoms with E-state index in [1.807, 2.05) is 19.1 Å². The van der Waals surface area contributed by atoms with Gasteiger partial charge in [0.05, 0.1) is 12.8 Å². The molecule has 3 N–H and O–H groups in total. The Hall–Kier alpha value is -2.56. The van der Waals surface area contributed by atoms with Crippen LogP contribution in [0.25, 0.3) is 0 Å². The molecule has 5 nitrogen and oxygen atoms in total. The molecule has 1 heterocycles. The molecule has 0 aliphatic carbocycles. The maximum atomic E-state index is 12.1. The van der Waals surface area contributed by atoms with E-state index in [1.54, 1.807) is 24.4 Å². The second kappa shape index (κ2) is 5.39. The molecule has 98 valence electrons. The molecule has 5 heteroatoms. The average molecular weight is 257 g/mol. The van der Waals surface area contributed by atoms with Crippen molar-refractivity contribution in [3.8, 4) is 5.75 Å². The van der Waals surface area contributed by atoms with Crippen LogP contribution in [0, 0.1) is 6.92 Å². The Labute approximate surface area is 111 Å². The maximum absolute atomic E-state index is 12.1. The number of aryl methyl sites for hydroxylation is 1. The van der Waals surface area contributed by atoms with Gasteiger partial charge >= 0.3 is 0 Å². The molecule has 0 atom stereocenters. The van der Waals surface area contributed by atoms with Crippen LogP contribution in [0.5, 0.6) is 5.75 Å². The quantitative estimate of drug-likeness (QED) is 0.827. The number of aromatic nitrogens is 1. The van der Waals surface area contributed by atoms with Crippen LogP contribution in [0.4, 0.5) is 11.5 Å². The van der Waals surface area contributed by atoms with Gasteiger partial charge in [-0.2, -0.15) is 0 Å². The summed E-state index contributed by atoms with van der Waals surface area (Å²) in [7, 11) is 1.53. The number of methoxy groups -OCH3 is 1. The highest BCUT2D eigenvalue weighted by Crippen LogP contribution is 2.22. The van der Waals surface area contributed by atoms with E-state index in [0.717, 1.165) is 5.56 Å². The molecule has 0 unspecified atom stereocenters. The Kier molecular flexibility index (Phi) is 3.66. The fourth-order valence-corrected chi connectivity index (χ4v) is 1.67. The van der Waals surface area contributed by atoms with E-state index in [-0.39, 0.29) is 5.91 Å². The number of carbonyl (C=O) groups excluding carboxylic acids is 1. The van der Waals surface area contributed by atoms with Crippen molar-refractivity contribution < 1.29 is 9.53 Å². The summed E-state index contributed by atoms with van der Waals surface area (Å²) < 4.78 is 5.05. The summed E-state index contributed by atoms with van der Waals surface area (Å²) in [5.41, 5.74) is 7.56. The second-order valence-electron chi connectivity index (χ2n) is 4.08. The molecular formula is C14H15N3O2. The third kappa shape index (κ3) is 2.82. The Morgan fingerprint density at radius 1 is 1.37 bits per heavy atom. The van der Waals surface area contributed by atoms with Gasteiger partial charge in [-0.3, -0.25) is 4.79 Å². The van der Waals surface area contributed by atoms with Crippen molar-refractivity contribution in [2.24, 2.45) is 0 Å². The number of nitrogens with zero attached hydrogens (tertiary/aromatic N) is 1. The molecule has 0 saturated carbocycles. The predicted octanol–water partition coefficient (Wildman–Crippen LogP) is 2.23. The Morgan fingerprint density at radius 2 is 2.16 bits per heavy atom. The van der Waals surface area contributed by atoms with Crippen molar-refractivity contribution in [3.05, 3.63) is 47.7 Å². The number of carbonyl (C=O) groups is 1. The lowest BCUT2D eigenvalue weighted by atomic mass is 10.1. The van der Waals surface area contributed by atoms with Crippen molar-refractivity contribution in [1.82, 2.24) is 4.98 Å². The topological polar surface area (TPSA) is 77.2 Å². The highest BCUT2D eigenvalue weighted by molar-refractivity contribution is 6.04. The minimum absolute atomic E-state index is 0.254. The first-order valence-corrected chi connectivity index (χ1v) is 5.78. The second-order valence-corrected chi connectivity index (χ2v) is 4.08. The molecule has 0 bridgehead atoms. The molecule has 0 fully saturated rings. The summed E-state index contributed by atoms with van der Waals surface area (Å²) >= 11 is 0. The number of benzene rings is 1. The fourth-order valence-electron chi connectivity index (χ4n) is 1.67. The summed E-state index contributed by atoms with van der Waals surface area (Å²) in [5.74, 6) is 0.837. The first-order valence-electron chi connectivity index (χ1n) is 5.78. The van der Waals surface area contributed by atoms with Crippen molar-refractivity contribution in [1.29, 1.82) is 0 Å². The zero-order valence-electron chi connectivity index (χ0n) is 10.8. The van der Waals surface area contributed by atoms with E-state index in [4.69, 9.17) is 10.5 Å². The summed E-state index contributed by atoms with van der Waals surface area (Å²) in [6.07, 6.45) is 1.63. The van der Waals surface area contributed by atoms with Gasteiger partial charge in [0.1, 0.15) is 11.6 Å². The number of hydrogen-bond donors (Lipinski definition) is 2. The third-order valence-electron chi connectivity index (χ3n) is 2.73. The molecule has 2 rings (SSSR count). The molecule has 0 spiro atoms. The molecule has 19 heavy (non-hydrogen) atoms. The zero-order chi connectivity index (χ0) is 13.8. The van der Waals surface area contributed by atoms with Crippen molar-refractivity contribution in [3.63, 3.8) is 0 Å². The van der Waals surface area contributed by atoms with E-state index in [1.165, 1.54) is 7.11 Å². The summed E-state index contributed by atoms with van der Waals surface area (Å²) in [4.78, 5) is 16.2. The molecule has 0 aliphatic heterocycles. The van der Waals surface area contributed by atoms with Gasteiger partial charge in [-0.15, -0.1) is 0 Å². The van der Waals surface area contributed by atoms with Crippen LogP contribution in [-0.4, -0.2) is 18.0 Å². The first kappa shape index (κ1) is 12.9. The van der Waals surface area contributed by atoms with E-state index >= 15 is 0 Å². The molecular weight excluding hydrogens is 242 g/mol. The van der Waals surface area contributed by atoms with E-state index < -0.39 is 0 Å². The van der Waals surface area contributed by atoms with Crippen LogP contribution in [0.3, 0.4) is 0 Å². The van der Waals surface area contributed by atoms with E-state index in [9.17, 15) is 4.79 Å². The predicted molar refractivity (Wildman–Crippen MR) is 74.3 cm³/mol. The minimum Gasteiger partial charge on any atom is -0.495 e. The van der Waals surface area contributed by atoms with Crippen LogP contribution in [0.1, 0.15) is 15.9 Å². The molecule has 0 radical (unpaired) electrons. The van der Waals surface area contributed by atoms with Gasteiger partial charge < -0.3 is 15.8 Å². The van der Waals surface area contributed by atoms with E-state index in [2.05, 4.69) is 10.3 Å². The Balaban J connectivity index is 2.21. The van der Waals surface area contributed by atoms with Crippen LogP contribution in [-0.2, 0) is 0 Å². The van der Waals surface area contributed by atoms with Crippen molar-refractivity contribution >= 4 is 17.4 Å². The molecule has 2 aromatic rings. The smallest absolute Gasteiger partial charge is 0.256 e. The number of hydrogen-bond acceptors (Lipinski definition) is 4. The summed E-state index contributed by atoms with van der Waals surface area (Å²) in [6, 6.07) is 8.59. The minimum atomic E-state index is -0.254. The number of rotatable bonds is 3. The van der Waals surface area contributed by atoms with Gasteiger partial charge in [0.25, 0.3) is 5.91 Å². The average Bonchev–Trinajstić information content (AvgIpc) is 2.41. The highest BCUT2D eigenvalue weighted by atomic mass is 16.5. The van der Waals surface area contributed by atoms with Gasteiger partial charge in [0.2, 0.25) is 0 Å². The highest BCUT2D eigenvalue weighted by Gasteiger charge is 2.10. The largest absolute Gasteiger partial charge is 0.495 e. The van der Waals surface area contributed by atoms with Crippen molar-refractivity contribution in [2.75, 3.05) is 18.2 Å². The van der Waals surface area contributed by atoms with Gasteiger partial charge in [-0.05, 0) is 36.8 Å². The SMILES string of the molecule is COc1ccc(C(=O)Nc2ncccc2C)cc1N. The standard InChI is InChI=1S/C14H15N3O2/c1-9-4-3-7-16-13(9)17-14(18)10-5-6-12(19-2)11(15)8-10/h3-8H,15H2,1-2H3,(H,16,17,18). The maximum Gasteiger partial charge on any atom is 0.256 e. The fraction of sp³-hybridized carbons (Fsp3) is 0.143. The number of nitrogens with two attached hydrogens (primary N) is 1. The number of ether oxygens (including phenoxy) is 1. The van der Waals surface area contributed by atoms with E-state index in [0.29, 0.717) is 22.8 Å². The summed E-state index contributed by atoms with van der Waals surface area (Å²) in [6.45, 7) is 1.88. The summed E-state index contributed by atoms with van der Waals surface area (Å²) in [5, 5.41) is 2.74. The lowest BCUT2D eigenvalue weighted by Crippen LogP contribution is -2.14. The number of nitrogen functional groups attached to an aromatic ring is 1. The molecule has 1 aromatic heterocycles. The normalized spacial score (nSPS) is 10.0. The molecule has 0 saturated heterocycles. The van der Waals surface area contributed by atoms with Crippen LogP contribution >= 0.6 is 0 Å².